The van der Waals surface area contributed by atoms with Crippen LogP contribution in [0.3, 0.4) is 0 Å². The Balaban J connectivity index is 1.39. The van der Waals surface area contributed by atoms with Gasteiger partial charge in [-0.3, -0.25) is 4.90 Å². The van der Waals surface area contributed by atoms with Crippen LogP contribution in [0, 0.1) is 13.8 Å². The van der Waals surface area contributed by atoms with Gasteiger partial charge in [-0.05, 0) is 39.3 Å². The highest BCUT2D eigenvalue weighted by Crippen LogP contribution is 2.36. The molecule has 4 heterocycles. The van der Waals surface area contributed by atoms with Crippen LogP contribution in [0.2, 0.25) is 0 Å². The minimum Gasteiger partial charge on any atom is -0.458 e. The Morgan fingerprint density at radius 3 is 2.92 bits per heavy atom. The van der Waals surface area contributed by atoms with Crippen LogP contribution in [0.1, 0.15) is 36.3 Å². The summed E-state index contributed by atoms with van der Waals surface area (Å²) in [6, 6.07) is 2.21. The Morgan fingerprint density at radius 1 is 1.32 bits per heavy atom. The van der Waals surface area contributed by atoms with E-state index in [2.05, 4.69) is 20.0 Å². The number of aromatic nitrogens is 3. The van der Waals surface area contributed by atoms with Gasteiger partial charge in [0.15, 0.2) is 0 Å². The van der Waals surface area contributed by atoms with Crippen molar-refractivity contribution >= 4 is 0 Å². The van der Waals surface area contributed by atoms with Gasteiger partial charge >= 0.3 is 6.01 Å². The molecule has 2 aliphatic rings. The van der Waals surface area contributed by atoms with E-state index < -0.39 is 0 Å². The maximum atomic E-state index is 6.21. The fourth-order valence-electron chi connectivity index (χ4n) is 3.93. The molecule has 25 heavy (non-hydrogen) atoms. The summed E-state index contributed by atoms with van der Waals surface area (Å²) in [6.07, 6.45) is 6.48. The predicted octanol–water partition coefficient (Wildman–Crippen LogP) is 2.28. The first-order valence-electron chi connectivity index (χ1n) is 8.85. The molecule has 1 spiro atoms. The van der Waals surface area contributed by atoms with Gasteiger partial charge in [0.05, 0.1) is 17.9 Å². The zero-order chi connectivity index (χ0) is 17.3. The summed E-state index contributed by atoms with van der Waals surface area (Å²) in [7, 11) is 0. The van der Waals surface area contributed by atoms with Crippen molar-refractivity contribution in [3.8, 4) is 6.01 Å². The fraction of sp³-hybridized carbons (Fsp3) is 0.611. The topological polar surface area (TPSA) is 73.5 Å². The first-order valence-corrected chi connectivity index (χ1v) is 8.85. The monoisotopic (exact) mass is 344 g/mol. The average molecular weight is 344 g/mol. The summed E-state index contributed by atoms with van der Waals surface area (Å²) < 4.78 is 17.4. The molecule has 4 rings (SSSR count). The molecule has 0 N–H and O–H groups in total. The number of likely N-dealkylation sites (tertiary alicyclic amines) is 1. The average Bonchev–Trinajstić information content (AvgIpc) is 3.14. The van der Waals surface area contributed by atoms with Crippen LogP contribution in [0.4, 0.5) is 0 Å². The van der Waals surface area contributed by atoms with Crippen LogP contribution in [-0.4, -0.2) is 51.4 Å². The van der Waals surface area contributed by atoms with E-state index in [4.69, 9.17) is 14.0 Å². The number of hydrogen-bond donors (Lipinski definition) is 0. The maximum absolute atomic E-state index is 6.21. The summed E-state index contributed by atoms with van der Waals surface area (Å²) in [5.41, 5.74) is 2.05. The van der Waals surface area contributed by atoms with Crippen molar-refractivity contribution in [3.63, 3.8) is 0 Å². The molecule has 7 heteroatoms. The minimum absolute atomic E-state index is 0.0152. The molecule has 0 saturated carbocycles. The molecule has 2 aliphatic heterocycles. The third kappa shape index (κ3) is 3.52. The maximum Gasteiger partial charge on any atom is 0.316 e. The van der Waals surface area contributed by atoms with E-state index in [1.54, 1.807) is 18.5 Å². The normalized spacial score (nSPS) is 27.0. The van der Waals surface area contributed by atoms with Gasteiger partial charge in [0.2, 0.25) is 0 Å². The largest absolute Gasteiger partial charge is 0.458 e. The fourth-order valence-corrected chi connectivity index (χ4v) is 3.93. The first kappa shape index (κ1) is 16.5. The van der Waals surface area contributed by atoms with E-state index in [1.165, 1.54) is 5.56 Å². The Hall–Kier alpha value is -1.99. The second kappa shape index (κ2) is 6.72. The van der Waals surface area contributed by atoms with Gasteiger partial charge in [-0.2, -0.15) is 0 Å². The van der Waals surface area contributed by atoms with Gasteiger partial charge in [0, 0.05) is 37.5 Å². The molecule has 2 aromatic rings. The van der Waals surface area contributed by atoms with E-state index in [0.717, 1.165) is 50.4 Å². The molecule has 2 atom stereocenters. The van der Waals surface area contributed by atoms with Crippen LogP contribution in [0.5, 0.6) is 6.01 Å². The van der Waals surface area contributed by atoms with Crippen LogP contribution in [0.25, 0.3) is 0 Å². The summed E-state index contributed by atoms with van der Waals surface area (Å²) in [4.78, 5) is 10.7. The van der Waals surface area contributed by atoms with Crippen LogP contribution in [0.15, 0.2) is 23.0 Å². The number of nitrogens with zero attached hydrogens (tertiary/aromatic N) is 4. The zero-order valence-corrected chi connectivity index (χ0v) is 14.8. The number of aryl methyl sites for hydroxylation is 2. The predicted molar refractivity (Wildman–Crippen MR) is 90.2 cm³/mol. The Kier molecular flexibility index (Phi) is 4.43. The molecule has 0 aliphatic carbocycles. The Labute approximate surface area is 147 Å². The standard InChI is InChI=1S/C18H24N4O3/c1-13-16(14(2)25-21-13)10-22-8-3-5-18(12-22)9-15(11-23-18)24-17-19-6-4-7-20-17/h4,6-7,15H,3,5,8-12H2,1-2H3/t15-,18+/m0/s1. The second-order valence-electron chi connectivity index (χ2n) is 7.09. The van der Waals surface area contributed by atoms with Crippen LogP contribution >= 0.6 is 0 Å². The van der Waals surface area contributed by atoms with Crippen LogP contribution in [-0.2, 0) is 11.3 Å². The SMILES string of the molecule is Cc1noc(C)c1CN1CCC[C@@]2(C[C@H](Oc3ncccn3)CO2)C1. The summed E-state index contributed by atoms with van der Waals surface area (Å²) in [5.74, 6) is 0.909. The molecule has 2 saturated heterocycles. The van der Waals surface area contributed by atoms with E-state index in [-0.39, 0.29) is 11.7 Å². The van der Waals surface area contributed by atoms with Crippen molar-refractivity contribution in [2.75, 3.05) is 19.7 Å². The molecule has 2 fully saturated rings. The van der Waals surface area contributed by atoms with E-state index >= 15 is 0 Å². The lowest BCUT2D eigenvalue weighted by Crippen LogP contribution is -2.47. The Morgan fingerprint density at radius 2 is 2.16 bits per heavy atom. The zero-order valence-electron chi connectivity index (χ0n) is 14.8. The van der Waals surface area contributed by atoms with Crippen molar-refractivity contribution in [1.29, 1.82) is 0 Å². The molecule has 0 aromatic carbocycles. The van der Waals surface area contributed by atoms with Gasteiger partial charge in [0.1, 0.15) is 11.9 Å². The molecular formula is C18H24N4O3. The third-order valence-corrected chi connectivity index (χ3v) is 5.17. The second-order valence-corrected chi connectivity index (χ2v) is 7.09. The minimum atomic E-state index is -0.128. The summed E-state index contributed by atoms with van der Waals surface area (Å²) in [5, 5.41) is 4.06. The van der Waals surface area contributed by atoms with Gasteiger partial charge < -0.3 is 14.0 Å². The highest BCUT2D eigenvalue weighted by molar-refractivity contribution is 5.20. The quantitative estimate of drug-likeness (QED) is 0.842. The third-order valence-electron chi connectivity index (χ3n) is 5.17. The lowest BCUT2D eigenvalue weighted by molar-refractivity contribution is -0.0539. The molecular weight excluding hydrogens is 320 g/mol. The van der Waals surface area contributed by atoms with Crippen molar-refractivity contribution in [1.82, 2.24) is 20.0 Å². The lowest BCUT2D eigenvalue weighted by atomic mass is 9.89. The number of hydrogen-bond acceptors (Lipinski definition) is 7. The Bertz CT molecular complexity index is 701. The molecule has 0 unspecified atom stereocenters. The molecule has 2 aromatic heterocycles. The van der Waals surface area contributed by atoms with Crippen molar-refractivity contribution in [3.05, 3.63) is 35.5 Å². The summed E-state index contributed by atoms with van der Waals surface area (Å²) in [6.45, 7) is 7.41. The van der Waals surface area contributed by atoms with Crippen molar-refractivity contribution in [2.45, 2.75) is 51.4 Å². The molecule has 7 nitrogen and oxygen atoms in total. The van der Waals surface area contributed by atoms with E-state index in [9.17, 15) is 0 Å². The highest BCUT2D eigenvalue weighted by Gasteiger charge is 2.44. The van der Waals surface area contributed by atoms with Crippen LogP contribution < -0.4 is 4.74 Å². The summed E-state index contributed by atoms with van der Waals surface area (Å²) >= 11 is 0. The first-order chi connectivity index (χ1) is 12.1. The van der Waals surface area contributed by atoms with Gasteiger partial charge in [-0.15, -0.1) is 0 Å². The number of piperidine rings is 1. The van der Waals surface area contributed by atoms with Gasteiger partial charge in [-0.25, -0.2) is 9.97 Å². The molecule has 0 radical (unpaired) electrons. The lowest BCUT2D eigenvalue weighted by Gasteiger charge is -2.39. The molecule has 134 valence electrons. The van der Waals surface area contributed by atoms with Gasteiger partial charge in [0.25, 0.3) is 0 Å². The smallest absolute Gasteiger partial charge is 0.316 e. The molecule has 0 amide bonds. The van der Waals surface area contributed by atoms with Crippen molar-refractivity contribution < 1.29 is 14.0 Å². The van der Waals surface area contributed by atoms with Crippen molar-refractivity contribution in [2.24, 2.45) is 0 Å². The van der Waals surface area contributed by atoms with E-state index in [0.29, 0.717) is 12.6 Å². The highest BCUT2D eigenvalue weighted by atomic mass is 16.6. The number of rotatable bonds is 4. The van der Waals surface area contributed by atoms with Gasteiger partial charge in [-0.1, -0.05) is 5.16 Å². The number of ether oxygens (including phenoxy) is 2. The van der Waals surface area contributed by atoms with E-state index in [1.807, 2.05) is 13.8 Å². The molecule has 0 bridgehead atoms.